The second-order valence-electron chi connectivity index (χ2n) is 3.50. The monoisotopic (exact) mass is 275 g/mol. The van der Waals surface area contributed by atoms with Crippen molar-refractivity contribution in [3.05, 3.63) is 23.8 Å². The average molecular weight is 275 g/mol. The zero-order valence-electron chi connectivity index (χ0n) is 9.58. The highest BCUT2D eigenvalue weighted by molar-refractivity contribution is 7.88. The van der Waals surface area contributed by atoms with Gasteiger partial charge in [0, 0.05) is 6.54 Å². The SMILES string of the molecule is CS(=O)(=O)NCCOc1ccc(C(=O)O)cc1O. The summed E-state index contributed by atoms with van der Waals surface area (Å²) in [5.74, 6) is -1.37. The van der Waals surface area contributed by atoms with Crippen LogP contribution >= 0.6 is 0 Å². The zero-order chi connectivity index (χ0) is 13.8. The molecule has 18 heavy (non-hydrogen) atoms. The smallest absolute Gasteiger partial charge is 0.335 e. The van der Waals surface area contributed by atoms with Crippen LogP contribution in [0.15, 0.2) is 18.2 Å². The Morgan fingerprint density at radius 1 is 1.44 bits per heavy atom. The molecule has 1 aromatic carbocycles. The van der Waals surface area contributed by atoms with Gasteiger partial charge < -0.3 is 14.9 Å². The minimum absolute atomic E-state index is 0.0209. The van der Waals surface area contributed by atoms with Gasteiger partial charge in [-0.3, -0.25) is 0 Å². The van der Waals surface area contributed by atoms with Crippen LogP contribution in [0.2, 0.25) is 0 Å². The number of aromatic hydroxyl groups is 1. The lowest BCUT2D eigenvalue weighted by Crippen LogP contribution is -2.26. The lowest BCUT2D eigenvalue weighted by Gasteiger charge is -2.08. The van der Waals surface area contributed by atoms with Crippen molar-refractivity contribution in [2.75, 3.05) is 19.4 Å². The van der Waals surface area contributed by atoms with Crippen molar-refractivity contribution in [3.63, 3.8) is 0 Å². The molecule has 0 atom stereocenters. The van der Waals surface area contributed by atoms with Gasteiger partial charge in [0.05, 0.1) is 11.8 Å². The molecule has 1 rings (SSSR count). The van der Waals surface area contributed by atoms with Crippen LogP contribution in [-0.4, -0.2) is 44.0 Å². The van der Waals surface area contributed by atoms with Gasteiger partial charge in [0.15, 0.2) is 11.5 Å². The number of nitrogens with one attached hydrogen (secondary N) is 1. The molecular weight excluding hydrogens is 262 g/mol. The largest absolute Gasteiger partial charge is 0.504 e. The molecule has 0 aliphatic rings. The first-order valence-corrected chi connectivity index (χ1v) is 6.82. The topological polar surface area (TPSA) is 113 Å². The third-order valence-corrected chi connectivity index (χ3v) is 2.66. The summed E-state index contributed by atoms with van der Waals surface area (Å²) in [6, 6.07) is 3.64. The number of ether oxygens (including phenoxy) is 1. The quantitative estimate of drug-likeness (QED) is 0.631. The van der Waals surface area contributed by atoms with Crippen LogP contribution in [0, 0.1) is 0 Å². The predicted octanol–water partition coefficient (Wildman–Crippen LogP) is 0.0184. The van der Waals surface area contributed by atoms with Gasteiger partial charge in [-0.2, -0.15) is 0 Å². The molecule has 0 bridgehead atoms. The van der Waals surface area contributed by atoms with Crippen LogP contribution in [0.3, 0.4) is 0 Å². The van der Waals surface area contributed by atoms with E-state index in [0.29, 0.717) is 0 Å². The van der Waals surface area contributed by atoms with Gasteiger partial charge in [0.25, 0.3) is 0 Å². The van der Waals surface area contributed by atoms with E-state index >= 15 is 0 Å². The number of rotatable bonds is 6. The fourth-order valence-electron chi connectivity index (χ4n) is 1.16. The highest BCUT2D eigenvalue weighted by Crippen LogP contribution is 2.26. The third kappa shape index (κ3) is 4.60. The van der Waals surface area contributed by atoms with Gasteiger partial charge in [-0.1, -0.05) is 0 Å². The second-order valence-corrected chi connectivity index (χ2v) is 5.34. The number of hydrogen-bond acceptors (Lipinski definition) is 5. The summed E-state index contributed by atoms with van der Waals surface area (Å²) in [6.45, 7) is 0.0754. The minimum atomic E-state index is -3.28. The Labute approximate surface area is 104 Å². The number of carbonyl (C=O) groups is 1. The van der Waals surface area contributed by atoms with E-state index in [4.69, 9.17) is 9.84 Å². The van der Waals surface area contributed by atoms with Gasteiger partial charge in [0.2, 0.25) is 10.0 Å². The van der Waals surface area contributed by atoms with Crippen molar-refractivity contribution in [3.8, 4) is 11.5 Å². The molecule has 0 heterocycles. The van der Waals surface area contributed by atoms with E-state index in [2.05, 4.69) is 4.72 Å². The Bertz CT molecular complexity index is 539. The van der Waals surface area contributed by atoms with Crippen molar-refractivity contribution in [1.29, 1.82) is 0 Å². The number of benzene rings is 1. The summed E-state index contributed by atoms with van der Waals surface area (Å²) in [5, 5.41) is 18.1. The highest BCUT2D eigenvalue weighted by Gasteiger charge is 2.08. The standard InChI is InChI=1S/C10H13NO6S/c1-18(15,16)11-4-5-17-9-3-2-7(10(13)14)6-8(9)12/h2-3,6,11-12H,4-5H2,1H3,(H,13,14). The van der Waals surface area contributed by atoms with Crippen molar-refractivity contribution in [2.45, 2.75) is 0 Å². The molecule has 3 N–H and O–H groups in total. The van der Waals surface area contributed by atoms with Gasteiger partial charge >= 0.3 is 5.97 Å². The molecule has 8 heteroatoms. The predicted molar refractivity (Wildman–Crippen MR) is 63.4 cm³/mol. The maximum Gasteiger partial charge on any atom is 0.335 e. The zero-order valence-corrected chi connectivity index (χ0v) is 10.4. The van der Waals surface area contributed by atoms with E-state index in [1.807, 2.05) is 0 Å². The second kappa shape index (κ2) is 5.69. The maximum atomic E-state index is 10.7. The molecular formula is C10H13NO6S. The Kier molecular flexibility index (Phi) is 4.51. The molecule has 0 amide bonds. The van der Waals surface area contributed by atoms with E-state index in [1.165, 1.54) is 12.1 Å². The Morgan fingerprint density at radius 2 is 2.11 bits per heavy atom. The first kappa shape index (κ1) is 14.3. The van der Waals surface area contributed by atoms with Crippen molar-refractivity contribution in [2.24, 2.45) is 0 Å². The fourth-order valence-corrected chi connectivity index (χ4v) is 1.61. The van der Waals surface area contributed by atoms with Crippen LogP contribution in [0.25, 0.3) is 0 Å². The van der Waals surface area contributed by atoms with Gasteiger partial charge in [-0.15, -0.1) is 0 Å². The molecule has 0 radical (unpaired) electrons. The van der Waals surface area contributed by atoms with Crippen LogP contribution in [0.5, 0.6) is 11.5 Å². The van der Waals surface area contributed by atoms with Gasteiger partial charge in [0.1, 0.15) is 6.61 Å². The molecule has 1 aromatic rings. The number of sulfonamides is 1. The number of phenols is 1. The third-order valence-electron chi connectivity index (χ3n) is 1.93. The van der Waals surface area contributed by atoms with Crippen molar-refractivity contribution >= 4 is 16.0 Å². The first-order chi connectivity index (χ1) is 8.29. The molecule has 0 saturated carbocycles. The Balaban J connectivity index is 2.56. The van der Waals surface area contributed by atoms with E-state index in [-0.39, 0.29) is 30.2 Å². The molecule has 0 aliphatic heterocycles. The fraction of sp³-hybridized carbons (Fsp3) is 0.300. The van der Waals surface area contributed by atoms with E-state index in [9.17, 15) is 18.3 Å². The van der Waals surface area contributed by atoms with Crippen LogP contribution in [0.1, 0.15) is 10.4 Å². The summed E-state index contributed by atoms with van der Waals surface area (Å²) in [5.41, 5.74) is -0.0610. The van der Waals surface area contributed by atoms with Crippen molar-refractivity contribution < 1.29 is 28.2 Å². The van der Waals surface area contributed by atoms with Gasteiger partial charge in [-0.25, -0.2) is 17.9 Å². The lowest BCUT2D eigenvalue weighted by atomic mass is 10.2. The minimum Gasteiger partial charge on any atom is -0.504 e. The number of carboxylic acids is 1. The summed E-state index contributed by atoms with van der Waals surface area (Å²) in [7, 11) is -3.28. The molecule has 7 nitrogen and oxygen atoms in total. The number of phenolic OH excluding ortho intramolecular Hbond substituents is 1. The molecule has 0 aromatic heterocycles. The highest BCUT2D eigenvalue weighted by atomic mass is 32.2. The lowest BCUT2D eigenvalue weighted by molar-refractivity contribution is 0.0696. The molecule has 0 spiro atoms. The summed E-state index contributed by atoms with van der Waals surface area (Å²) >= 11 is 0. The van der Waals surface area contributed by atoms with E-state index in [1.54, 1.807) is 0 Å². The average Bonchev–Trinajstić information content (AvgIpc) is 2.24. The van der Waals surface area contributed by atoms with Crippen LogP contribution < -0.4 is 9.46 Å². The summed E-state index contributed by atoms with van der Waals surface area (Å²) in [6.07, 6.45) is 1.02. The van der Waals surface area contributed by atoms with Gasteiger partial charge in [-0.05, 0) is 18.2 Å². The number of hydrogen-bond donors (Lipinski definition) is 3. The molecule has 0 fully saturated rings. The van der Waals surface area contributed by atoms with Crippen LogP contribution in [-0.2, 0) is 10.0 Å². The number of aromatic carboxylic acids is 1. The Morgan fingerprint density at radius 3 is 2.61 bits per heavy atom. The van der Waals surface area contributed by atoms with Crippen molar-refractivity contribution in [1.82, 2.24) is 4.72 Å². The van der Waals surface area contributed by atoms with E-state index < -0.39 is 16.0 Å². The maximum absolute atomic E-state index is 10.7. The molecule has 0 unspecified atom stereocenters. The molecule has 100 valence electrons. The molecule has 0 saturated heterocycles. The summed E-state index contributed by atoms with van der Waals surface area (Å²) in [4.78, 5) is 10.6. The first-order valence-electron chi connectivity index (χ1n) is 4.93. The normalized spacial score (nSPS) is 11.2. The number of carboxylic acid groups (broad SMARTS) is 1. The van der Waals surface area contributed by atoms with E-state index in [0.717, 1.165) is 12.3 Å². The van der Waals surface area contributed by atoms with Crippen LogP contribution in [0.4, 0.5) is 0 Å². The Hall–Kier alpha value is -1.80. The molecule has 0 aliphatic carbocycles. The summed E-state index contributed by atoms with van der Waals surface area (Å²) < 4.78 is 28.8.